The number of carbonyl (C=O) groups excluding carboxylic acids is 1. The van der Waals surface area contributed by atoms with Crippen molar-refractivity contribution < 1.29 is 19.2 Å². The summed E-state index contributed by atoms with van der Waals surface area (Å²) in [6.45, 7) is 1.87. The van der Waals surface area contributed by atoms with Gasteiger partial charge < -0.3 is 9.47 Å². The van der Waals surface area contributed by atoms with Crippen molar-refractivity contribution in [2.45, 2.75) is 13.5 Å². The summed E-state index contributed by atoms with van der Waals surface area (Å²) >= 11 is 0. The normalized spacial score (nSPS) is 10.7. The number of aromatic nitrogens is 1. The number of carbonyl (C=O) groups is 1. The molecule has 0 aliphatic heterocycles. The SMILES string of the molecule is COc1ccc(/C=C/C(=O)c2cccnc2)cc1COc1ccc([N+](=O)[O-])c(C)c1. The minimum atomic E-state index is -0.426. The summed E-state index contributed by atoms with van der Waals surface area (Å²) in [7, 11) is 1.57. The first-order valence-corrected chi connectivity index (χ1v) is 9.15. The third-order valence-electron chi connectivity index (χ3n) is 4.44. The highest BCUT2D eigenvalue weighted by Gasteiger charge is 2.11. The van der Waals surface area contributed by atoms with E-state index in [1.54, 1.807) is 56.6 Å². The van der Waals surface area contributed by atoms with E-state index in [0.29, 0.717) is 22.6 Å². The van der Waals surface area contributed by atoms with Crippen molar-refractivity contribution in [3.8, 4) is 11.5 Å². The number of benzene rings is 2. The second-order valence-electron chi connectivity index (χ2n) is 6.50. The molecule has 0 radical (unpaired) electrons. The lowest BCUT2D eigenvalue weighted by Gasteiger charge is -2.12. The lowest BCUT2D eigenvalue weighted by atomic mass is 10.1. The fourth-order valence-corrected chi connectivity index (χ4v) is 2.88. The Morgan fingerprint density at radius 3 is 2.70 bits per heavy atom. The monoisotopic (exact) mass is 404 g/mol. The van der Waals surface area contributed by atoms with Gasteiger partial charge in [0.15, 0.2) is 5.78 Å². The second kappa shape index (κ2) is 9.47. The van der Waals surface area contributed by atoms with Gasteiger partial charge in [0.2, 0.25) is 0 Å². The van der Waals surface area contributed by atoms with Gasteiger partial charge in [-0.05, 0) is 55.0 Å². The van der Waals surface area contributed by atoms with Crippen LogP contribution in [0.2, 0.25) is 0 Å². The van der Waals surface area contributed by atoms with Crippen molar-refractivity contribution >= 4 is 17.5 Å². The lowest BCUT2D eigenvalue weighted by molar-refractivity contribution is -0.385. The summed E-state index contributed by atoms with van der Waals surface area (Å²) in [5.74, 6) is 1.02. The minimum absolute atomic E-state index is 0.0466. The highest BCUT2D eigenvalue weighted by Crippen LogP contribution is 2.26. The van der Waals surface area contributed by atoms with Gasteiger partial charge in [-0.1, -0.05) is 12.1 Å². The minimum Gasteiger partial charge on any atom is -0.496 e. The van der Waals surface area contributed by atoms with Crippen LogP contribution in [-0.2, 0) is 6.61 Å². The largest absolute Gasteiger partial charge is 0.496 e. The van der Waals surface area contributed by atoms with E-state index in [0.717, 1.165) is 11.1 Å². The third-order valence-corrected chi connectivity index (χ3v) is 4.44. The number of ketones is 1. The second-order valence-corrected chi connectivity index (χ2v) is 6.50. The number of nitro benzene ring substituents is 1. The molecule has 0 saturated carbocycles. The van der Waals surface area contributed by atoms with Crippen molar-refractivity contribution in [1.29, 1.82) is 0 Å². The number of hydrogen-bond donors (Lipinski definition) is 0. The molecule has 7 nitrogen and oxygen atoms in total. The zero-order valence-corrected chi connectivity index (χ0v) is 16.6. The molecule has 152 valence electrons. The topological polar surface area (TPSA) is 91.6 Å². The predicted octanol–water partition coefficient (Wildman–Crippen LogP) is 4.78. The number of allylic oxidation sites excluding steroid dienone is 1. The molecule has 0 amide bonds. The molecule has 0 bridgehead atoms. The quantitative estimate of drug-likeness (QED) is 0.232. The molecular formula is C23H20N2O5. The van der Waals surface area contributed by atoms with Crippen LogP contribution in [0.3, 0.4) is 0 Å². The molecule has 0 atom stereocenters. The Labute approximate surface area is 173 Å². The first kappa shape index (κ1) is 20.7. The van der Waals surface area contributed by atoms with Crippen LogP contribution in [0.4, 0.5) is 5.69 Å². The zero-order valence-electron chi connectivity index (χ0n) is 16.6. The molecule has 0 saturated heterocycles. The highest BCUT2D eigenvalue weighted by atomic mass is 16.6. The number of ether oxygens (including phenoxy) is 2. The predicted molar refractivity (Wildman–Crippen MR) is 113 cm³/mol. The molecular weight excluding hydrogens is 384 g/mol. The summed E-state index contributed by atoms with van der Waals surface area (Å²) < 4.78 is 11.2. The zero-order chi connectivity index (χ0) is 21.5. The van der Waals surface area contributed by atoms with Gasteiger partial charge in [-0.25, -0.2) is 0 Å². The fourth-order valence-electron chi connectivity index (χ4n) is 2.88. The van der Waals surface area contributed by atoms with E-state index >= 15 is 0 Å². The Morgan fingerprint density at radius 2 is 2.03 bits per heavy atom. The summed E-state index contributed by atoms with van der Waals surface area (Å²) in [5.41, 5.74) is 2.68. The molecule has 3 rings (SSSR count). The summed E-state index contributed by atoms with van der Waals surface area (Å²) in [5, 5.41) is 10.9. The Morgan fingerprint density at radius 1 is 1.20 bits per heavy atom. The molecule has 3 aromatic rings. The van der Waals surface area contributed by atoms with Crippen molar-refractivity contribution in [2.75, 3.05) is 7.11 Å². The van der Waals surface area contributed by atoms with E-state index in [1.165, 1.54) is 18.3 Å². The average Bonchev–Trinajstić information content (AvgIpc) is 2.76. The van der Waals surface area contributed by atoms with E-state index in [1.807, 2.05) is 12.1 Å². The highest BCUT2D eigenvalue weighted by molar-refractivity contribution is 6.06. The number of hydrogen-bond acceptors (Lipinski definition) is 6. The molecule has 0 unspecified atom stereocenters. The Balaban J connectivity index is 1.75. The third kappa shape index (κ3) is 5.08. The Bertz CT molecular complexity index is 1090. The molecule has 0 N–H and O–H groups in total. The van der Waals surface area contributed by atoms with Crippen molar-refractivity contribution in [2.24, 2.45) is 0 Å². The first-order valence-electron chi connectivity index (χ1n) is 9.15. The van der Waals surface area contributed by atoms with Gasteiger partial charge in [-0.15, -0.1) is 0 Å². The maximum absolute atomic E-state index is 12.2. The van der Waals surface area contributed by atoms with E-state index in [-0.39, 0.29) is 18.1 Å². The van der Waals surface area contributed by atoms with Crippen LogP contribution in [0.15, 0.2) is 67.0 Å². The molecule has 0 aliphatic rings. The van der Waals surface area contributed by atoms with Crippen LogP contribution < -0.4 is 9.47 Å². The Hall–Kier alpha value is -4.00. The van der Waals surface area contributed by atoms with E-state index in [2.05, 4.69) is 4.98 Å². The molecule has 1 heterocycles. The first-order chi connectivity index (χ1) is 14.5. The maximum atomic E-state index is 12.2. The molecule has 0 aliphatic carbocycles. The number of aryl methyl sites for hydroxylation is 1. The number of rotatable bonds is 8. The van der Waals surface area contributed by atoms with Gasteiger partial charge in [0.25, 0.3) is 5.69 Å². The molecule has 30 heavy (non-hydrogen) atoms. The van der Waals surface area contributed by atoms with Crippen LogP contribution >= 0.6 is 0 Å². The van der Waals surface area contributed by atoms with Crippen LogP contribution in [-0.4, -0.2) is 22.8 Å². The lowest BCUT2D eigenvalue weighted by Crippen LogP contribution is -2.00. The molecule has 0 spiro atoms. The summed E-state index contributed by atoms with van der Waals surface area (Å²) in [6.07, 6.45) is 6.34. The number of methoxy groups -OCH3 is 1. The van der Waals surface area contributed by atoms with Gasteiger partial charge in [0.1, 0.15) is 18.1 Å². The average molecular weight is 404 g/mol. The number of pyridine rings is 1. The van der Waals surface area contributed by atoms with Crippen LogP contribution in [0, 0.1) is 17.0 Å². The van der Waals surface area contributed by atoms with E-state index in [9.17, 15) is 14.9 Å². The van der Waals surface area contributed by atoms with Gasteiger partial charge in [0, 0.05) is 35.2 Å². The van der Waals surface area contributed by atoms with Crippen LogP contribution in [0.1, 0.15) is 27.0 Å². The van der Waals surface area contributed by atoms with Crippen LogP contribution in [0.5, 0.6) is 11.5 Å². The van der Waals surface area contributed by atoms with Crippen LogP contribution in [0.25, 0.3) is 6.08 Å². The smallest absolute Gasteiger partial charge is 0.272 e. The molecule has 2 aromatic carbocycles. The maximum Gasteiger partial charge on any atom is 0.272 e. The van der Waals surface area contributed by atoms with E-state index in [4.69, 9.17) is 9.47 Å². The van der Waals surface area contributed by atoms with Gasteiger partial charge in [-0.3, -0.25) is 19.9 Å². The number of nitro groups is 1. The standard InChI is InChI=1S/C23H20N2O5/c1-16-12-20(7-8-21(16)25(27)28)30-15-19-13-17(6-10-23(19)29-2)5-9-22(26)18-4-3-11-24-14-18/h3-14H,15H2,1-2H3/b9-5+. The molecule has 0 fully saturated rings. The molecule has 1 aromatic heterocycles. The Kier molecular flexibility index (Phi) is 6.54. The van der Waals surface area contributed by atoms with Crippen molar-refractivity contribution in [3.05, 3.63) is 99.4 Å². The summed E-state index contributed by atoms with van der Waals surface area (Å²) in [6, 6.07) is 13.5. The summed E-state index contributed by atoms with van der Waals surface area (Å²) in [4.78, 5) is 26.7. The van der Waals surface area contributed by atoms with Gasteiger partial charge >= 0.3 is 0 Å². The van der Waals surface area contributed by atoms with Crippen molar-refractivity contribution in [3.63, 3.8) is 0 Å². The van der Waals surface area contributed by atoms with Crippen molar-refractivity contribution in [1.82, 2.24) is 4.98 Å². The van der Waals surface area contributed by atoms with Gasteiger partial charge in [-0.2, -0.15) is 0 Å². The fraction of sp³-hybridized carbons (Fsp3) is 0.130. The van der Waals surface area contributed by atoms with Gasteiger partial charge in [0.05, 0.1) is 12.0 Å². The number of nitrogens with zero attached hydrogens (tertiary/aromatic N) is 2. The van der Waals surface area contributed by atoms with E-state index < -0.39 is 4.92 Å². The molecule has 7 heteroatoms.